The molecule has 2 atom stereocenters. The van der Waals surface area contributed by atoms with Crippen molar-refractivity contribution in [1.82, 2.24) is 10.6 Å². The second-order valence-electron chi connectivity index (χ2n) is 6.02. The lowest BCUT2D eigenvalue weighted by Crippen LogP contribution is -2.58. The van der Waals surface area contributed by atoms with E-state index in [1.165, 1.54) is 0 Å². The molecule has 2 N–H and O–H groups in total. The molecule has 0 aliphatic carbocycles. The van der Waals surface area contributed by atoms with E-state index < -0.39 is 5.54 Å². The molecule has 1 aliphatic rings. The molecule has 1 heterocycles. The van der Waals surface area contributed by atoms with Gasteiger partial charge in [-0.25, -0.2) is 0 Å². The molecule has 0 spiro atoms. The van der Waals surface area contributed by atoms with E-state index >= 15 is 0 Å². The van der Waals surface area contributed by atoms with Crippen LogP contribution in [0.25, 0.3) is 0 Å². The lowest BCUT2D eigenvalue weighted by molar-refractivity contribution is -0.129. The highest BCUT2D eigenvalue weighted by Gasteiger charge is 2.34. The van der Waals surface area contributed by atoms with Gasteiger partial charge in [-0.2, -0.15) is 0 Å². The van der Waals surface area contributed by atoms with Crippen LogP contribution in [0.1, 0.15) is 47.0 Å². The molecule has 0 saturated carbocycles. The molecule has 4 nitrogen and oxygen atoms in total. The minimum absolute atomic E-state index is 0.0665. The number of ether oxygens (including phenoxy) is 1. The fourth-order valence-electron chi connectivity index (χ4n) is 2.16. The Morgan fingerprint density at radius 2 is 2.06 bits per heavy atom. The van der Waals surface area contributed by atoms with Crippen LogP contribution in [0.3, 0.4) is 0 Å². The molecule has 1 saturated heterocycles. The number of carbonyl (C=O) groups is 1. The summed E-state index contributed by atoms with van der Waals surface area (Å²) in [5.41, 5.74) is -0.398. The Hall–Kier alpha value is -0.610. The quantitative estimate of drug-likeness (QED) is 0.760. The Balaban J connectivity index is 2.29. The average molecular weight is 256 g/mol. The number of amides is 1. The minimum atomic E-state index is -0.398. The van der Waals surface area contributed by atoms with Gasteiger partial charge in [0.25, 0.3) is 0 Å². The highest BCUT2D eigenvalue weighted by atomic mass is 16.5. The van der Waals surface area contributed by atoms with Crippen LogP contribution in [0.15, 0.2) is 0 Å². The van der Waals surface area contributed by atoms with Crippen LogP contribution in [0.4, 0.5) is 0 Å². The third-order valence-electron chi connectivity index (χ3n) is 3.32. The van der Waals surface area contributed by atoms with Crippen molar-refractivity contribution < 1.29 is 9.53 Å². The summed E-state index contributed by atoms with van der Waals surface area (Å²) in [7, 11) is 0. The van der Waals surface area contributed by atoms with E-state index in [4.69, 9.17) is 4.74 Å². The highest BCUT2D eigenvalue weighted by Crippen LogP contribution is 2.18. The van der Waals surface area contributed by atoms with E-state index in [-0.39, 0.29) is 11.9 Å². The van der Waals surface area contributed by atoms with Crippen molar-refractivity contribution >= 4 is 5.91 Å². The van der Waals surface area contributed by atoms with Gasteiger partial charge >= 0.3 is 0 Å². The number of hydrogen-bond donors (Lipinski definition) is 2. The van der Waals surface area contributed by atoms with E-state index in [9.17, 15) is 4.79 Å². The first-order chi connectivity index (χ1) is 8.44. The summed E-state index contributed by atoms with van der Waals surface area (Å²) in [4.78, 5) is 12.2. The van der Waals surface area contributed by atoms with Gasteiger partial charge in [-0.1, -0.05) is 13.8 Å². The van der Waals surface area contributed by atoms with Crippen molar-refractivity contribution in [3.63, 3.8) is 0 Å². The van der Waals surface area contributed by atoms with Crippen LogP contribution < -0.4 is 10.6 Å². The molecule has 0 bridgehead atoms. The predicted octanol–water partition coefficient (Wildman–Crippen LogP) is 1.70. The van der Waals surface area contributed by atoms with Crippen molar-refractivity contribution in [2.24, 2.45) is 5.92 Å². The van der Waals surface area contributed by atoms with Gasteiger partial charge in [0, 0.05) is 12.6 Å². The zero-order valence-electron chi connectivity index (χ0n) is 12.2. The van der Waals surface area contributed by atoms with Crippen molar-refractivity contribution in [3.8, 4) is 0 Å². The van der Waals surface area contributed by atoms with Crippen molar-refractivity contribution in [2.75, 3.05) is 19.8 Å². The molecular formula is C14H28N2O2. The average Bonchev–Trinajstić information content (AvgIpc) is 2.29. The van der Waals surface area contributed by atoms with E-state index in [1.807, 2.05) is 13.8 Å². The highest BCUT2D eigenvalue weighted by molar-refractivity contribution is 5.86. The van der Waals surface area contributed by atoms with Crippen LogP contribution in [0.5, 0.6) is 0 Å². The second kappa shape index (κ2) is 7.10. The van der Waals surface area contributed by atoms with E-state index in [0.29, 0.717) is 12.5 Å². The molecule has 1 amide bonds. The Bertz CT molecular complexity index is 261. The normalized spacial score (nSPS) is 26.1. The summed E-state index contributed by atoms with van der Waals surface area (Å²) in [6, 6.07) is 0.0665. The fraction of sp³-hybridized carbons (Fsp3) is 0.929. The third-order valence-corrected chi connectivity index (χ3v) is 3.32. The van der Waals surface area contributed by atoms with Gasteiger partial charge in [0.2, 0.25) is 5.91 Å². The molecule has 18 heavy (non-hydrogen) atoms. The largest absolute Gasteiger partial charge is 0.379 e. The van der Waals surface area contributed by atoms with Crippen molar-refractivity contribution in [2.45, 2.75) is 58.5 Å². The molecule has 0 aromatic carbocycles. The number of piperidine rings is 1. The topological polar surface area (TPSA) is 50.4 Å². The molecule has 2 unspecified atom stereocenters. The van der Waals surface area contributed by atoms with Gasteiger partial charge in [0.1, 0.15) is 0 Å². The predicted molar refractivity (Wildman–Crippen MR) is 73.5 cm³/mol. The summed E-state index contributed by atoms with van der Waals surface area (Å²) in [6.07, 6.45) is 3.20. The summed E-state index contributed by atoms with van der Waals surface area (Å²) in [5, 5.41) is 6.36. The third kappa shape index (κ3) is 4.94. The smallest absolute Gasteiger partial charge is 0.240 e. The first-order valence-corrected chi connectivity index (χ1v) is 7.08. The van der Waals surface area contributed by atoms with E-state index in [0.717, 1.165) is 32.4 Å². The van der Waals surface area contributed by atoms with Gasteiger partial charge in [0.05, 0.1) is 12.1 Å². The maximum absolute atomic E-state index is 12.2. The molecule has 0 aromatic heterocycles. The molecule has 106 valence electrons. The number of nitrogens with one attached hydrogen (secondary N) is 2. The second-order valence-corrected chi connectivity index (χ2v) is 6.02. The molecule has 1 aliphatic heterocycles. The number of carbonyl (C=O) groups excluding carboxylic acids is 1. The Morgan fingerprint density at radius 1 is 1.33 bits per heavy atom. The lowest BCUT2D eigenvalue weighted by atomic mass is 9.90. The zero-order chi connectivity index (χ0) is 13.6. The maximum atomic E-state index is 12.2. The monoisotopic (exact) mass is 256 g/mol. The molecule has 1 rings (SSSR count). The van der Waals surface area contributed by atoms with Crippen LogP contribution in [-0.2, 0) is 9.53 Å². The maximum Gasteiger partial charge on any atom is 0.240 e. The van der Waals surface area contributed by atoms with Crippen molar-refractivity contribution in [1.29, 1.82) is 0 Å². The van der Waals surface area contributed by atoms with Crippen LogP contribution >= 0.6 is 0 Å². The molecular weight excluding hydrogens is 228 g/mol. The fourth-order valence-corrected chi connectivity index (χ4v) is 2.16. The molecule has 0 aromatic rings. The van der Waals surface area contributed by atoms with Crippen LogP contribution in [0.2, 0.25) is 0 Å². The molecule has 1 fully saturated rings. The molecule has 4 heteroatoms. The summed E-state index contributed by atoms with van der Waals surface area (Å²) in [6.45, 7) is 10.5. The Morgan fingerprint density at radius 3 is 2.61 bits per heavy atom. The number of hydrogen-bond acceptors (Lipinski definition) is 3. The van der Waals surface area contributed by atoms with Gasteiger partial charge < -0.3 is 15.4 Å². The Labute approximate surface area is 111 Å². The van der Waals surface area contributed by atoms with E-state index in [2.05, 4.69) is 24.5 Å². The first kappa shape index (κ1) is 15.4. The number of rotatable bonds is 6. The van der Waals surface area contributed by atoms with Gasteiger partial charge in [-0.15, -0.1) is 0 Å². The van der Waals surface area contributed by atoms with Gasteiger partial charge in [-0.05, 0) is 45.6 Å². The van der Waals surface area contributed by atoms with Crippen LogP contribution in [-0.4, -0.2) is 37.2 Å². The Kier molecular flexibility index (Phi) is 6.09. The van der Waals surface area contributed by atoms with Crippen molar-refractivity contribution in [3.05, 3.63) is 0 Å². The first-order valence-electron chi connectivity index (χ1n) is 7.08. The minimum Gasteiger partial charge on any atom is -0.379 e. The molecule has 0 radical (unpaired) electrons. The summed E-state index contributed by atoms with van der Waals surface area (Å²) in [5.74, 6) is 0.633. The summed E-state index contributed by atoms with van der Waals surface area (Å²) >= 11 is 0. The standard InChI is InChI=1S/C14H28N2O2/c1-11(2)9-18-10-12(3)16-13(17)14(4)7-5-6-8-15-14/h11-12,15H,5-10H2,1-4H3,(H,16,17). The SMILES string of the molecule is CC(C)COCC(C)NC(=O)C1(C)CCCCN1. The van der Waals surface area contributed by atoms with Gasteiger partial charge in [-0.3, -0.25) is 4.79 Å². The van der Waals surface area contributed by atoms with Gasteiger partial charge in [0.15, 0.2) is 0 Å². The van der Waals surface area contributed by atoms with E-state index in [1.54, 1.807) is 0 Å². The zero-order valence-corrected chi connectivity index (χ0v) is 12.2. The lowest BCUT2D eigenvalue weighted by Gasteiger charge is -2.34. The summed E-state index contributed by atoms with van der Waals surface area (Å²) < 4.78 is 5.54. The van der Waals surface area contributed by atoms with Crippen LogP contribution in [0, 0.1) is 5.92 Å².